The Kier molecular flexibility index (Phi) is 2.55. The normalized spacial score (nSPS) is 14.6. The zero-order chi connectivity index (χ0) is 13.6. The van der Waals surface area contributed by atoms with Gasteiger partial charge in [-0.25, -0.2) is 0 Å². The van der Waals surface area contributed by atoms with Crippen LogP contribution >= 0.6 is 0 Å². The Morgan fingerprint density at radius 1 is 1.37 bits per heavy atom. The average Bonchev–Trinajstić information content (AvgIpc) is 3.20. The van der Waals surface area contributed by atoms with Crippen molar-refractivity contribution in [2.75, 3.05) is 0 Å². The van der Waals surface area contributed by atoms with Gasteiger partial charge in [0.25, 0.3) is 11.5 Å². The van der Waals surface area contributed by atoms with Crippen molar-refractivity contribution in [1.82, 2.24) is 9.88 Å². The van der Waals surface area contributed by atoms with Gasteiger partial charge in [-0.15, -0.1) is 0 Å². The number of nitrogens with zero attached hydrogens (tertiary/aromatic N) is 1. The summed E-state index contributed by atoms with van der Waals surface area (Å²) in [5, 5.41) is 13.4. The maximum Gasteiger partial charge on any atom is 0.267 e. The highest BCUT2D eigenvalue weighted by molar-refractivity contribution is 6.02. The lowest BCUT2D eigenvalue weighted by Gasteiger charge is -2.11. The molecular formula is C14H14N2O3. The predicted molar refractivity (Wildman–Crippen MR) is 71.3 cm³/mol. The standard InChI is InChI=1S/C14H14N2O3/c1-16-10-5-3-2-4-9(10)12(17)11(14(16)19)13(18)15-8-6-7-8/h2-5,8,17H,6-7H2,1H3,(H,15,18). The van der Waals surface area contributed by atoms with Crippen LogP contribution in [0.25, 0.3) is 10.9 Å². The summed E-state index contributed by atoms with van der Waals surface area (Å²) >= 11 is 0. The van der Waals surface area contributed by atoms with Crippen LogP contribution in [0.1, 0.15) is 23.2 Å². The minimum Gasteiger partial charge on any atom is -0.506 e. The van der Waals surface area contributed by atoms with Crippen LogP contribution in [0, 0.1) is 0 Å². The third-order valence-electron chi connectivity index (χ3n) is 3.42. The summed E-state index contributed by atoms with van der Waals surface area (Å²) < 4.78 is 1.39. The predicted octanol–water partition coefficient (Wildman–Crippen LogP) is 1.14. The minimum absolute atomic E-state index is 0.142. The van der Waals surface area contributed by atoms with Gasteiger partial charge < -0.3 is 15.0 Å². The molecule has 1 aromatic heterocycles. The molecule has 3 rings (SSSR count). The number of carbonyl (C=O) groups excluding carboxylic acids is 1. The highest BCUT2D eigenvalue weighted by atomic mass is 16.3. The smallest absolute Gasteiger partial charge is 0.267 e. The van der Waals surface area contributed by atoms with Crippen LogP contribution in [0.3, 0.4) is 0 Å². The van der Waals surface area contributed by atoms with Crippen molar-refractivity contribution in [2.45, 2.75) is 18.9 Å². The van der Waals surface area contributed by atoms with E-state index in [9.17, 15) is 14.7 Å². The summed E-state index contributed by atoms with van der Waals surface area (Å²) in [4.78, 5) is 24.2. The molecule has 1 saturated carbocycles. The first kappa shape index (κ1) is 11.8. The summed E-state index contributed by atoms with van der Waals surface area (Å²) in [7, 11) is 1.60. The average molecular weight is 258 g/mol. The maximum absolute atomic E-state index is 12.2. The van der Waals surface area contributed by atoms with Gasteiger partial charge >= 0.3 is 0 Å². The third kappa shape index (κ3) is 1.87. The molecule has 2 aromatic rings. The molecule has 19 heavy (non-hydrogen) atoms. The van der Waals surface area contributed by atoms with Crippen LogP contribution in [0.5, 0.6) is 5.75 Å². The van der Waals surface area contributed by atoms with E-state index in [1.54, 1.807) is 31.3 Å². The number of pyridine rings is 1. The van der Waals surface area contributed by atoms with Gasteiger partial charge in [0.2, 0.25) is 0 Å². The van der Waals surface area contributed by atoms with Gasteiger partial charge in [-0.2, -0.15) is 0 Å². The number of rotatable bonds is 2. The van der Waals surface area contributed by atoms with Gasteiger partial charge in [0.15, 0.2) is 0 Å². The van der Waals surface area contributed by atoms with E-state index in [0.717, 1.165) is 12.8 Å². The second-order valence-electron chi connectivity index (χ2n) is 4.85. The second-order valence-corrected chi connectivity index (χ2v) is 4.85. The lowest BCUT2D eigenvalue weighted by Crippen LogP contribution is -2.33. The number of aryl methyl sites for hydroxylation is 1. The van der Waals surface area contributed by atoms with Gasteiger partial charge in [-0.05, 0) is 25.0 Å². The van der Waals surface area contributed by atoms with E-state index in [4.69, 9.17) is 0 Å². The molecule has 1 aliphatic rings. The number of amides is 1. The summed E-state index contributed by atoms with van der Waals surface area (Å²) in [6.45, 7) is 0. The Bertz CT molecular complexity index is 729. The number of hydrogen-bond acceptors (Lipinski definition) is 3. The number of carbonyl (C=O) groups is 1. The number of hydrogen-bond donors (Lipinski definition) is 2. The van der Waals surface area contributed by atoms with E-state index in [0.29, 0.717) is 10.9 Å². The first-order valence-electron chi connectivity index (χ1n) is 6.21. The zero-order valence-electron chi connectivity index (χ0n) is 10.5. The van der Waals surface area contributed by atoms with Crippen LogP contribution in [-0.2, 0) is 7.05 Å². The monoisotopic (exact) mass is 258 g/mol. The summed E-state index contributed by atoms with van der Waals surface area (Å²) in [6, 6.07) is 7.11. The molecule has 0 aliphatic heterocycles. The zero-order valence-corrected chi connectivity index (χ0v) is 10.5. The van der Waals surface area contributed by atoms with E-state index in [2.05, 4.69) is 5.32 Å². The molecule has 0 radical (unpaired) electrons. The van der Waals surface area contributed by atoms with Crippen molar-refractivity contribution < 1.29 is 9.90 Å². The molecule has 5 heteroatoms. The number of benzene rings is 1. The molecule has 1 fully saturated rings. The molecule has 1 heterocycles. The maximum atomic E-state index is 12.2. The van der Waals surface area contributed by atoms with Crippen molar-refractivity contribution in [3.8, 4) is 5.75 Å². The van der Waals surface area contributed by atoms with Gasteiger partial charge in [-0.3, -0.25) is 9.59 Å². The molecule has 0 atom stereocenters. The number of fused-ring (bicyclic) bond motifs is 1. The lowest BCUT2D eigenvalue weighted by molar-refractivity contribution is 0.0946. The fraction of sp³-hybridized carbons (Fsp3) is 0.286. The molecule has 0 saturated heterocycles. The fourth-order valence-corrected chi connectivity index (χ4v) is 2.17. The molecule has 0 bridgehead atoms. The molecule has 1 aromatic carbocycles. The van der Waals surface area contributed by atoms with Crippen LogP contribution in [-0.4, -0.2) is 21.6 Å². The van der Waals surface area contributed by atoms with Crippen molar-refractivity contribution in [2.24, 2.45) is 7.05 Å². The molecule has 2 N–H and O–H groups in total. The minimum atomic E-state index is -0.494. The number of aromatic nitrogens is 1. The van der Waals surface area contributed by atoms with Gasteiger partial charge in [0.1, 0.15) is 11.3 Å². The Hall–Kier alpha value is -2.30. The van der Waals surface area contributed by atoms with E-state index >= 15 is 0 Å². The molecule has 5 nitrogen and oxygen atoms in total. The number of nitrogens with one attached hydrogen (secondary N) is 1. The summed E-state index contributed by atoms with van der Waals surface area (Å²) in [6.07, 6.45) is 1.86. The van der Waals surface area contributed by atoms with E-state index < -0.39 is 11.5 Å². The molecule has 1 amide bonds. The van der Waals surface area contributed by atoms with Crippen LogP contribution in [0.2, 0.25) is 0 Å². The van der Waals surface area contributed by atoms with Crippen LogP contribution in [0.15, 0.2) is 29.1 Å². The topological polar surface area (TPSA) is 71.3 Å². The highest BCUT2D eigenvalue weighted by Gasteiger charge is 2.27. The number of para-hydroxylation sites is 1. The van der Waals surface area contributed by atoms with Gasteiger partial charge in [0, 0.05) is 18.5 Å². The Labute approximate surface area is 109 Å². The van der Waals surface area contributed by atoms with Crippen molar-refractivity contribution in [3.05, 3.63) is 40.2 Å². The molecule has 98 valence electrons. The van der Waals surface area contributed by atoms with Crippen molar-refractivity contribution >= 4 is 16.8 Å². The molecule has 0 spiro atoms. The van der Waals surface area contributed by atoms with E-state index in [-0.39, 0.29) is 17.4 Å². The Morgan fingerprint density at radius 3 is 2.74 bits per heavy atom. The fourth-order valence-electron chi connectivity index (χ4n) is 2.17. The van der Waals surface area contributed by atoms with Crippen molar-refractivity contribution in [1.29, 1.82) is 0 Å². The van der Waals surface area contributed by atoms with E-state index in [1.165, 1.54) is 4.57 Å². The molecular weight excluding hydrogens is 244 g/mol. The van der Waals surface area contributed by atoms with E-state index in [1.807, 2.05) is 0 Å². The largest absolute Gasteiger partial charge is 0.506 e. The molecule has 1 aliphatic carbocycles. The molecule has 0 unspecified atom stereocenters. The third-order valence-corrected chi connectivity index (χ3v) is 3.42. The van der Waals surface area contributed by atoms with Crippen LogP contribution in [0.4, 0.5) is 0 Å². The van der Waals surface area contributed by atoms with Gasteiger partial charge in [-0.1, -0.05) is 12.1 Å². The Balaban J connectivity index is 2.23. The Morgan fingerprint density at radius 2 is 2.05 bits per heavy atom. The quantitative estimate of drug-likeness (QED) is 0.848. The number of aromatic hydroxyl groups is 1. The summed E-state index contributed by atoms with van der Waals surface area (Å²) in [5.74, 6) is -0.733. The summed E-state index contributed by atoms with van der Waals surface area (Å²) in [5.41, 5.74) is -0.0459. The highest BCUT2D eigenvalue weighted by Crippen LogP contribution is 2.26. The SMILES string of the molecule is Cn1c(=O)c(C(=O)NC2CC2)c(O)c2ccccc21. The van der Waals surface area contributed by atoms with Gasteiger partial charge in [0.05, 0.1) is 5.52 Å². The second kappa shape index (κ2) is 4.12. The lowest BCUT2D eigenvalue weighted by atomic mass is 10.1. The van der Waals surface area contributed by atoms with Crippen LogP contribution < -0.4 is 10.9 Å². The first-order chi connectivity index (χ1) is 9.09. The van der Waals surface area contributed by atoms with Crippen molar-refractivity contribution in [3.63, 3.8) is 0 Å². The first-order valence-corrected chi connectivity index (χ1v) is 6.21.